The van der Waals surface area contributed by atoms with Crippen molar-refractivity contribution < 1.29 is 28.9 Å². The van der Waals surface area contributed by atoms with Gasteiger partial charge < -0.3 is 5.73 Å². The number of rotatable bonds is 7. The molecule has 0 spiro atoms. The monoisotopic (exact) mass is 563 g/mol. The molecule has 0 aliphatic heterocycles. The summed E-state index contributed by atoms with van der Waals surface area (Å²) in [5, 5.41) is 0. The van der Waals surface area contributed by atoms with Gasteiger partial charge in [0.25, 0.3) is 0 Å². The van der Waals surface area contributed by atoms with E-state index in [1.54, 1.807) is 11.3 Å². The number of hydrogen-bond acceptors (Lipinski definition) is 5. The van der Waals surface area contributed by atoms with Crippen LogP contribution in [0.2, 0.25) is 0 Å². The first kappa shape index (κ1) is 28.3. The van der Waals surface area contributed by atoms with E-state index in [1.165, 1.54) is 37.6 Å². The first-order valence-electron chi connectivity index (χ1n) is 10.9. The van der Waals surface area contributed by atoms with Gasteiger partial charge in [-0.3, -0.25) is 0 Å². The summed E-state index contributed by atoms with van der Waals surface area (Å²) < 4.78 is 34.0. The van der Waals surface area contributed by atoms with Crippen LogP contribution in [0.25, 0.3) is 32.0 Å². The van der Waals surface area contributed by atoms with Crippen molar-refractivity contribution in [2.45, 2.75) is 12.8 Å². The molecule has 2 N–H and O–H groups in total. The molecule has 188 valence electrons. The number of nitrogens with two attached hydrogens (primary N) is 1. The summed E-state index contributed by atoms with van der Waals surface area (Å²) in [6.07, 6.45) is 1.49. The highest BCUT2D eigenvalue weighted by Gasteiger charge is 2.21. The van der Waals surface area contributed by atoms with E-state index < -0.39 is 10.2 Å². The summed E-state index contributed by atoms with van der Waals surface area (Å²) in [4.78, 5) is 2.45. The molecule has 5 nitrogen and oxygen atoms in total. The molecule has 3 aromatic carbocycles. The predicted molar refractivity (Wildman–Crippen MR) is 138 cm³/mol. The molecular formula is C27H24Cl3NO4S. The maximum Gasteiger partial charge on any atom is 0.239 e. The molecule has 36 heavy (non-hydrogen) atoms. The minimum atomic E-state index is -4.94. The third-order valence-corrected chi connectivity index (χ3v) is 6.90. The van der Waals surface area contributed by atoms with Gasteiger partial charge in [0.1, 0.15) is 0 Å². The molecule has 0 aliphatic carbocycles. The normalized spacial score (nSPS) is 11.1. The second kappa shape index (κ2) is 13.3. The zero-order valence-electron chi connectivity index (χ0n) is 19.2. The van der Waals surface area contributed by atoms with E-state index in [4.69, 9.17) is 47.6 Å². The number of hydrogen-bond donors (Lipinski definition) is 1. The van der Waals surface area contributed by atoms with Crippen molar-refractivity contribution in [3.63, 3.8) is 0 Å². The fourth-order valence-electron chi connectivity index (χ4n) is 3.90. The number of nitrogen functional groups attached to an aromatic ring is 1. The maximum atomic E-state index is 8.49. The summed E-state index contributed by atoms with van der Waals surface area (Å²) in [7, 11) is -4.94. The molecule has 0 aliphatic rings. The quantitative estimate of drug-likeness (QED) is 0.210. The SMILES string of the molecule is Nc1ccc(-c2cc(-c3ccccc3)[s+]c(-c3ccccc3)c2)c(CCCl)c1CCCl.[O-][Cl+3]([O-])([O-])[O-]. The first-order chi connectivity index (χ1) is 17.2. The molecule has 0 fully saturated rings. The van der Waals surface area contributed by atoms with Gasteiger partial charge in [0.05, 0.1) is 0 Å². The van der Waals surface area contributed by atoms with Crippen LogP contribution in [0, 0.1) is 10.2 Å². The van der Waals surface area contributed by atoms with E-state index >= 15 is 0 Å². The summed E-state index contributed by atoms with van der Waals surface area (Å²) in [5.41, 5.74) is 14.2. The Balaban J connectivity index is 0.000000658. The van der Waals surface area contributed by atoms with Crippen molar-refractivity contribution in [2.75, 3.05) is 17.5 Å². The van der Waals surface area contributed by atoms with Crippen molar-refractivity contribution >= 4 is 40.2 Å². The molecule has 1 heterocycles. The number of alkyl halides is 2. The highest BCUT2D eigenvalue weighted by atomic mass is 35.7. The minimum absolute atomic E-state index is 0.532. The fourth-order valence-corrected chi connectivity index (χ4v) is 5.39. The first-order valence-corrected chi connectivity index (χ1v) is 14.1. The summed E-state index contributed by atoms with van der Waals surface area (Å²) in [5.74, 6) is 1.07. The van der Waals surface area contributed by atoms with Crippen LogP contribution >= 0.6 is 34.5 Å². The average molecular weight is 565 g/mol. The van der Waals surface area contributed by atoms with E-state index in [-0.39, 0.29) is 0 Å². The van der Waals surface area contributed by atoms with Crippen LogP contribution in [-0.2, 0) is 12.8 Å². The molecule has 0 amide bonds. The lowest BCUT2D eigenvalue weighted by Gasteiger charge is -2.17. The predicted octanol–water partition coefficient (Wildman–Crippen LogP) is 3.42. The molecule has 0 saturated carbocycles. The summed E-state index contributed by atoms with van der Waals surface area (Å²) in [6.45, 7) is 0. The molecule has 1 aromatic heterocycles. The number of anilines is 1. The Labute approximate surface area is 226 Å². The molecule has 0 saturated heterocycles. The molecule has 4 aromatic rings. The van der Waals surface area contributed by atoms with Crippen molar-refractivity contribution in [1.82, 2.24) is 0 Å². The highest BCUT2D eigenvalue weighted by molar-refractivity contribution is 7.18. The molecular weight excluding hydrogens is 541 g/mol. The van der Waals surface area contributed by atoms with Gasteiger partial charge in [0.15, 0.2) is 0 Å². The second-order valence-corrected chi connectivity index (χ2v) is 10.3. The Morgan fingerprint density at radius 1 is 0.639 bits per heavy atom. The van der Waals surface area contributed by atoms with Gasteiger partial charge >= 0.3 is 0 Å². The van der Waals surface area contributed by atoms with E-state index in [2.05, 4.69) is 66.7 Å². The Morgan fingerprint density at radius 3 is 1.53 bits per heavy atom. The zero-order chi connectivity index (χ0) is 26.1. The van der Waals surface area contributed by atoms with Crippen LogP contribution in [0.1, 0.15) is 11.1 Å². The van der Waals surface area contributed by atoms with E-state index in [0.29, 0.717) is 11.8 Å². The van der Waals surface area contributed by atoms with Crippen LogP contribution < -0.4 is 24.4 Å². The second-order valence-electron chi connectivity index (χ2n) is 7.72. The topological polar surface area (TPSA) is 118 Å². The Morgan fingerprint density at radius 2 is 1.08 bits per heavy atom. The van der Waals surface area contributed by atoms with Crippen LogP contribution in [0.3, 0.4) is 0 Å². The van der Waals surface area contributed by atoms with Crippen LogP contribution in [-0.4, -0.2) is 11.8 Å². The molecule has 9 heteroatoms. The van der Waals surface area contributed by atoms with Gasteiger partial charge in [0.2, 0.25) is 21.1 Å². The molecule has 0 unspecified atom stereocenters. The molecule has 4 rings (SSSR count). The summed E-state index contributed by atoms with van der Waals surface area (Å²) >= 11 is 14.1. The van der Waals surface area contributed by atoms with Gasteiger partial charge in [-0.25, -0.2) is 18.6 Å². The van der Waals surface area contributed by atoms with Crippen LogP contribution in [0.15, 0.2) is 84.9 Å². The fraction of sp³-hybridized carbons (Fsp3) is 0.148. The van der Waals surface area contributed by atoms with E-state index in [0.717, 1.165) is 24.1 Å². The van der Waals surface area contributed by atoms with E-state index in [1.807, 2.05) is 18.2 Å². The standard InChI is InChI=1S/C27H24Cl2NS.ClHO4/c28-15-13-23-22(11-12-25(30)24(23)14-16-29)21-17-26(19-7-3-1-4-8-19)31-27(18-21)20-9-5-2-6-10-20;2-1(3,4)5/h1-12,17-18H,13-16,30H2;(H,2,3,4,5)/q+1;/p-1. The van der Waals surface area contributed by atoms with Crippen LogP contribution in [0.5, 0.6) is 0 Å². The highest BCUT2D eigenvalue weighted by Crippen LogP contribution is 2.39. The van der Waals surface area contributed by atoms with Crippen molar-refractivity contribution in [2.24, 2.45) is 0 Å². The van der Waals surface area contributed by atoms with Crippen molar-refractivity contribution in [3.8, 4) is 32.0 Å². The Hall–Kier alpha value is -2.26. The lowest BCUT2D eigenvalue weighted by Crippen LogP contribution is -2.68. The maximum absolute atomic E-state index is 8.49. The largest absolute Gasteiger partial charge is 0.398 e. The minimum Gasteiger partial charge on any atom is -0.398 e. The average Bonchev–Trinajstić information content (AvgIpc) is 2.86. The van der Waals surface area contributed by atoms with Gasteiger partial charge in [0, 0.05) is 40.7 Å². The zero-order valence-corrected chi connectivity index (χ0v) is 22.2. The van der Waals surface area contributed by atoms with E-state index in [9.17, 15) is 0 Å². The Kier molecular flexibility index (Phi) is 10.5. The lowest BCUT2D eigenvalue weighted by atomic mass is 9.91. The van der Waals surface area contributed by atoms with Gasteiger partial charge in [-0.2, -0.15) is 0 Å². The third kappa shape index (κ3) is 8.13. The number of halogens is 3. The van der Waals surface area contributed by atoms with Gasteiger partial charge in [-0.15, -0.1) is 33.4 Å². The summed E-state index contributed by atoms with van der Waals surface area (Å²) in [6, 6.07) is 29.7. The van der Waals surface area contributed by atoms with Crippen molar-refractivity contribution in [1.29, 1.82) is 0 Å². The van der Waals surface area contributed by atoms with Gasteiger partial charge in [-0.1, -0.05) is 42.5 Å². The lowest BCUT2D eigenvalue weighted by molar-refractivity contribution is -2.00. The van der Waals surface area contributed by atoms with Crippen molar-refractivity contribution in [3.05, 3.63) is 96.1 Å². The molecule has 0 atom stereocenters. The smallest absolute Gasteiger partial charge is 0.239 e. The number of benzene rings is 3. The molecule has 0 bridgehead atoms. The third-order valence-electron chi connectivity index (χ3n) is 5.38. The van der Waals surface area contributed by atoms with Crippen LogP contribution in [0.4, 0.5) is 5.69 Å². The van der Waals surface area contributed by atoms with Gasteiger partial charge in [-0.05, 0) is 65.4 Å². The Bertz CT molecular complexity index is 1210. The molecule has 0 radical (unpaired) electrons.